The number of thiocarbonyl (C=S) groups is 1. The van der Waals surface area contributed by atoms with Gasteiger partial charge in [-0.1, -0.05) is 13.8 Å². The van der Waals surface area contributed by atoms with Crippen molar-refractivity contribution in [3.05, 3.63) is 0 Å². The summed E-state index contributed by atoms with van der Waals surface area (Å²) < 4.78 is 0. The molecule has 1 heterocycles. The van der Waals surface area contributed by atoms with E-state index < -0.39 is 0 Å². The standard InChI is InChI=1S/C8H16N2S2/c1-6-4-10(8(11)9-3)5-7(2)12-6/h6-7H,4-5H2,1-3H3,(H,9,11). The van der Waals surface area contributed by atoms with E-state index in [1.54, 1.807) is 0 Å². The molecule has 2 nitrogen and oxygen atoms in total. The Bertz CT molecular complexity index is 162. The lowest BCUT2D eigenvalue weighted by atomic mass is 10.3. The van der Waals surface area contributed by atoms with Gasteiger partial charge in [0.25, 0.3) is 0 Å². The van der Waals surface area contributed by atoms with Crippen LogP contribution in [0.2, 0.25) is 0 Å². The molecule has 0 saturated carbocycles. The quantitative estimate of drug-likeness (QED) is 0.598. The van der Waals surface area contributed by atoms with Gasteiger partial charge >= 0.3 is 0 Å². The smallest absolute Gasteiger partial charge is 0.168 e. The van der Waals surface area contributed by atoms with Gasteiger partial charge in [-0.05, 0) is 12.2 Å². The van der Waals surface area contributed by atoms with E-state index in [1.165, 1.54) is 0 Å². The minimum absolute atomic E-state index is 0.694. The lowest BCUT2D eigenvalue weighted by molar-refractivity contribution is 0.407. The highest BCUT2D eigenvalue weighted by Gasteiger charge is 2.22. The third-order valence-electron chi connectivity index (χ3n) is 1.92. The van der Waals surface area contributed by atoms with Crippen LogP contribution in [0.4, 0.5) is 0 Å². The summed E-state index contributed by atoms with van der Waals surface area (Å²) in [7, 11) is 1.89. The summed E-state index contributed by atoms with van der Waals surface area (Å²) in [6.45, 7) is 6.67. The zero-order chi connectivity index (χ0) is 9.14. The molecule has 0 spiro atoms. The van der Waals surface area contributed by atoms with Crippen LogP contribution in [0.15, 0.2) is 0 Å². The second kappa shape index (κ2) is 4.33. The predicted molar refractivity (Wildman–Crippen MR) is 59.7 cm³/mol. The van der Waals surface area contributed by atoms with Gasteiger partial charge in [-0.25, -0.2) is 0 Å². The molecule has 0 aromatic carbocycles. The van der Waals surface area contributed by atoms with Crippen LogP contribution in [0.1, 0.15) is 13.8 Å². The molecule has 12 heavy (non-hydrogen) atoms. The number of thioether (sulfide) groups is 1. The zero-order valence-corrected chi connectivity index (χ0v) is 9.47. The molecule has 1 aliphatic heterocycles. The fourth-order valence-electron chi connectivity index (χ4n) is 1.50. The zero-order valence-electron chi connectivity index (χ0n) is 7.83. The van der Waals surface area contributed by atoms with Crippen molar-refractivity contribution in [3.63, 3.8) is 0 Å². The highest BCUT2D eigenvalue weighted by Crippen LogP contribution is 2.24. The van der Waals surface area contributed by atoms with Gasteiger partial charge in [-0.3, -0.25) is 0 Å². The Hall–Kier alpha value is 0.0400. The monoisotopic (exact) mass is 204 g/mol. The van der Waals surface area contributed by atoms with Crippen LogP contribution in [0.5, 0.6) is 0 Å². The maximum absolute atomic E-state index is 5.19. The first-order valence-electron chi connectivity index (χ1n) is 4.25. The molecule has 70 valence electrons. The van der Waals surface area contributed by atoms with Crippen molar-refractivity contribution < 1.29 is 0 Å². The number of nitrogens with zero attached hydrogens (tertiary/aromatic N) is 1. The molecule has 0 amide bonds. The molecule has 0 aliphatic carbocycles. The molecular formula is C8H16N2S2. The first kappa shape index (κ1) is 10.1. The maximum atomic E-state index is 5.19. The van der Waals surface area contributed by atoms with Crippen LogP contribution in [-0.2, 0) is 0 Å². The number of rotatable bonds is 0. The lowest BCUT2D eigenvalue weighted by Crippen LogP contribution is -2.47. The van der Waals surface area contributed by atoms with E-state index in [0.29, 0.717) is 10.5 Å². The molecule has 1 N–H and O–H groups in total. The average molecular weight is 204 g/mol. The lowest BCUT2D eigenvalue weighted by Gasteiger charge is -2.35. The summed E-state index contributed by atoms with van der Waals surface area (Å²) in [5, 5.41) is 5.30. The molecule has 1 saturated heterocycles. The molecular weight excluding hydrogens is 188 g/mol. The number of hydrogen-bond donors (Lipinski definition) is 1. The van der Waals surface area contributed by atoms with Crippen LogP contribution < -0.4 is 5.32 Å². The number of hydrogen-bond acceptors (Lipinski definition) is 2. The van der Waals surface area contributed by atoms with Gasteiger partial charge in [0.2, 0.25) is 0 Å². The van der Waals surface area contributed by atoms with Gasteiger partial charge < -0.3 is 10.2 Å². The van der Waals surface area contributed by atoms with E-state index >= 15 is 0 Å². The van der Waals surface area contributed by atoms with Crippen LogP contribution in [0.25, 0.3) is 0 Å². The van der Waals surface area contributed by atoms with E-state index in [9.17, 15) is 0 Å². The van der Waals surface area contributed by atoms with Gasteiger partial charge in [-0.15, -0.1) is 0 Å². The molecule has 0 aromatic heterocycles. The first-order chi connectivity index (χ1) is 5.63. The summed E-state index contributed by atoms with van der Waals surface area (Å²) in [5.74, 6) is 0. The Labute approximate surface area is 84.1 Å². The molecule has 1 rings (SSSR count). The van der Waals surface area contributed by atoms with Crippen molar-refractivity contribution in [2.45, 2.75) is 24.3 Å². The van der Waals surface area contributed by atoms with Crippen LogP contribution in [0, 0.1) is 0 Å². The van der Waals surface area contributed by atoms with E-state index in [4.69, 9.17) is 12.2 Å². The SMILES string of the molecule is CNC(=S)N1CC(C)SC(C)C1. The fraction of sp³-hybridized carbons (Fsp3) is 0.875. The van der Waals surface area contributed by atoms with Crippen molar-refractivity contribution in [2.24, 2.45) is 0 Å². The molecule has 4 heteroatoms. The maximum Gasteiger partial charge on any atom is 0.168 e. The van der Waals surface area contributed by atoms with Crippen molar-refractivity contribution in [2.75, 3.05) is 20.1 Å². The largest absolute Gasteiger partial charge is 0.366 e. The molecule has 0 bridgehead atoms. The third-order valence-corrected chi connectivity index (χ3v) is 3.61. The second-order valence-electron chi connectivity index (χ2n) is 3.22. The minimum atomic E-state index is 0.694. The van der Waals surface area contributed by atoms with Gasteiger partial charge in [0, 0.05) is 30.6 Å². The Morgan fingerprint density at radius 2 is 1.92 bits per heavy atom. The van der Waals surface area contributed by atoms with Crippen molar-refractivity contribution in [1.29, 1.82) is 0 Å². The summed E-state index contributed by atoms with van der Waals surface area (Å²) in [6, 6.07) is 0. The average Bonchev–Trinajstić information content (AvgIpc) is 2.01. The van der Waals surface area contributed by atoms with E-state index in [1.807, 2.05) is 18.8 Å². The topological polar surface area (TPSA) is 15.3 Å². The summed E-state index contributed by atoms with van der Waals surface area (Å²) >= 11 is 7.23. The fourth-order valence-corrected chi connectivity index (χ4v) is 2.98. The molecule has 2 atom stereocenters. The van der Waals surface area contributed by atoms with Gasteiger partial charge in [0.05, 0.1) is 0 Å². The molecule has 0 radical (unpaired) electrons. The summed E-state index contributed by atoms with van der Waals surface area (Å²) in [6.07, 6.45) is 0. The Morgan fingerprint density at radius 3 is 2.33 bits per heavy atom. The van der Waals surface area contributed by atoms with Gasteiger partial charge in [0.15, 0.2) is 5.11 Å². The van der Waals surface area contributed by atoms with E-state index in [-0.39, 0.29) is 0 Å². The van der Waals surface area contributed by atoms with E-state index in [0.717, 1.165) is 18.2 Å². The van der Waals surface area contributed by atoms with Crippen molar-refractivity contribution in [1.82, 2.24) is 10.2 Å². The molecule has 0 aromatic rings. The van der Waals surface area contributed by atoms with Gasteiger partial charge in [-0.2, -0.15) is 11.8 Å². The first-order valence-corrected chi connectivity index (χ1v) is 5.60. The molecule has 2 unspecified atom stereocenters. The Balaban J connectivity index is 2.49. The minimum Gasteiger partial charge on any atom is -0.366 e. The Kier molecular flexibility index (Phi) is 3.65. The highest BCUT2D eigenvalue weighted by molar-refractivity contribution is 8.00. The normalized spacial score (nSPS) is 30.1. The summed E-state index contributed by atoms with van der Waals surface area (Å²) in [4.78, 5) is 2.25. The molecule has 1 fully saturated rings. The molecule has 1 aliphatic rings. The van der Waals surface area contributed by atoms with E-state index in [2.05, 4.69) is 24.1 Å². The van der Waals surface area contributed by atoms with Crippen LogP contribution in [-0.4, -0.2) is 40.6 Å². The van der Waals surface area contributed by atoms with Gasteiger partial charge in [0.1, 0.15) is 0 Å². The van der Waals surface area contributed by atoms with Crippen molar-refractivity contribution in [3.8, 4) is 0 Å². The second-order valence-corrected chi connectivity index (χ2v) is 5.49. The van der Waals surface area contributed by atoms with Crippen LogP contribution >= 0.6 is 24.0 Å². The third kappa shape index (κ3) is 2.52. The predicted octanol–water partition coefficient (Wildman–Crippen LogP) is 1.32. The number of nitrogens with one attached hydrogen (secondary N) is 1. The van der Waals surface area contributed by atoms with Crippen LogP contribution in [0.3, 0.4) is 0 Å². The summed E-state index contributed by atoms with van der Waals surface area (Å²) in [5.41, 5.74) is 0. The Morgan fingerprint density at radius 1 is 1.42 bits per heavy atom. The van der Waals surface area contributed by atoms with Crippen molar-refractivity contribution >= 4 is 29.1 Å². The highest BCUT2D eigenvalue weighted by atomic mass is 32.2.